The van der Waals surface area contributed by atoms with Gasteiger partial charge >= 0.3 is 6.09 Å². The molecule has 0 fully saturated rings. The van der Waals surface area contributed by atoms with Gasteiger partial charge in [0.25, 0.3) is 0 Å². The summed E-state index contributed by atoms with van der Waals surface area (Å²) < 4.78 is 36.5. The SMILES string of the molecule is COc1cccc(NC(=O)C[C@]2(C)c3cc(Oc4cccc(F)c4)c(OC)cc3CCN2C(=O)OC(C)(C)C)c1. The maximum absolute atomic E-state index is 13.9. The van der Waals surface area contributed by atoms with Gasteiger partial charge in [-0.1, -0.05) is 12.1 Å². The summed E-state index contributed by atoms with van der Waals surface area (Å²) in [6, 6.07) is 16.4. The lowest BCUT2D eigenvalue weighted by atomic mass is 9.79. The van der Waals surface area contributed by atoms with Crippen molar-refractivity contribution in [2.45, 2.75) is 51.7 Å². The predicted molar refractivity (Wildman–Crippen MR) is 150 cm³/mol. The molecular formula is C31H35FN2O6. The molecule has 1 heterocycles. The van der Waals surface area contributed by atoms with Gasteiger partial charge in [-0.05, 0) is 81.6 Å². The number of anilines is 1. The van der Waals surface area contributed by atoms with E-state index in [0.717, 1.165) is 5.56 Å². The van der Waals surface area contributed by atoms with E-state index >= 15 is 0 Å². The summed E-state index contributed by atoms with van der Waals surface area (Å²) in [5.41, 5.74) is 0.341. The van der Waals surface area contributed by atoms with Crippen LogP contribution in [0.15, 0.2) is 60.7 Å². The van der Waals surface area contributed by atoms with E-state index in [9.17, 15) is 14.0 Å². The number of ether oxygens (including phenoxy) is 4. The van der Waals surface area contributed by atoms with Crippen LogP contribution in [-0.2, 0) is 21.5 Å². The molecule has 8 nitrogen and oxygen atoms in total. The lowest BCUT2D eigenvalue weighted by molar-refractivity contribution is -0.119. The molecule has 1 aliphatic rings. The summed E-state index contributed by atoms with van der Waals surface area (Å²) in [5.74, 6) is 0.934. The van der Waals surface area contributed by atoms with Crippen LogP contribution < -0.4 is 19.5 Å². The van der Waals surface area contributed by atoms with Crippen LogP contribution >= 0.6 is 0 Å². The first-order valence-electron chi connectivity index (χ1n) is 13.0. The van der Waals surface area contributed by atoms with Crippen molar-refractivity contribution < 1.29 is 32.9 Å². The summed E-state index contributed by atoms with van der Waals surface area (Å²) >= 11 is 0. The normalized spacial score (nSPS) is 16.5. The molecule has 0 aromatic heterocycles. The van der Waals surface area contributed by atoms with Gasteiger partial charge in [0.2, 0.25) is 5.91 Å². The van der Waals surface area contributed by atoms with Gasteiger partial charge in [-0.2, -0.15) is 0 Å². The Morgan fingerprint density at radius 1 is 0.975 bits per heavy atom. The molecule has 0 saturated carbocycles. The highest BCUT2D eigenvalue weighted by Crippen LogP contribution is 2.45. The number of hydrogen-bond acceptors (Lipinski definition) is 6. The monoisotopic (exact) mass is 550 g/mol. The number of carbonyl (C=O) groups excluding carboxylic acids is 2. The van der Waals surface area contributed by atoms with Crippen LogP contribution in [-0.4, -0.2) is 43.3 Å². The minimum Gasteiger partial charge on any atom is -0.497 e. The molecule has 0 unspecified atom stereocenters. The van der Waals surface area contributed by atoms with Crippen LogP contribution in [0, 0.1) is 5.82 Å². The van der Waals surface area contributed by atoms with Crippen LogP contribution in [0.5, 0.6) is 23.0 Å². The minimum atomic E-state index is -1.11. The van der Waals surface area contributed by atoms with Gasteiger partial charge in [-0.25, -0.2) is 9.18 Å². The minimum absolute atomic E-state index is 0.0673. The summed E-state index contributed by atoms with van der Waals surface area (Å²) in [6.07, 6.45) is -0.0845. The van der Waals surface area contributed by atoms with E-state index in [4.69, 9.17) is 18.9 Å². The van der Waals surface area contributed by atoms with Crippen LogP contribution in [0.2, 0.25) is 0 Å². The van der Waals surface area contributed by atoms with Crippen LogP contribution in [0.1, 0.15) is 45.2 Å². The van der Waals surface area contributed by atoms with Gasteiger partial charge in [0.1, 0.15) is 22.9 Å². The number of amides is 2. The van der Waals surface area contributed by atoms with E-state index in [2.05, 4.69) is 5.32 Å². The van der Waals surface area contributed by atoms with Crippen molar-refractivity contribution in [3.63, 3.8) is 0 Å². The molecule has 1 aliphatic heterocycles. The third-order valence-electron chi connectivity index (χ3n) is 6.67. The molecule has 1 N–H and O–H groups in total. The number of hydrogen-bond donors (Lipinski definition) is 1. The molecule has 3 aromatic carbocycles. The van der Waals surface area contributed by atoms with E-state index in [1.807, 2.05) is 13.0 Å². The second-order valence-corrected chi connectivity index (χ2v) is 10.8. The number of fused-ring (bicyclic) bond motifs is 1. The van der Waals surface area contributed by atoms with Gasteiger partial charge < -0.3 is 24.3 Å². The van der Waals surface area contributed by atoms with Crippen LogP contribution in [0.4, 0.5) is 14.9 Å². The van der Waals surface area contributed by atoms with Crippen molar-refractivity contribution in [2.75, 3.05) is 26.1 Å². The van der Waals surface area contributed by atoms with E-state index < -0.39 is 23.1 Å². The first-order valence-corrected chi connectivity index (χ1v) is 13.0. The fourth-order valence-electron chi connectivity index (χ4n) is 4.85. The fourth-order valence-corrected chi connectivity index (χ4v) is 4.85. The van der Waals surface area contributed by atoms with E-state index in [-0.39, 0.29) is 18.1 Å². The van der Waals surface area contributed by atoms with Crippen molar-refractivity contribution in [3.05, 3.63) is 77.6 Å². The van der Waals surface area contributed by atoms with Gasteiger partial charge in [0.05, 0.1) is 26.2 Å². The molecule has 0 radical (unpaired) electrons. The highest BCUT2D eigenvalue weighted by atomic mass is 19.1. The van der Waals surface area contributed by atoms with E-state index in [1.165, 1.54) is 19.2 Å². The number of rotatable bonds is 7. The molecule has 4 rings (SSSR count). The standard InChI is InChI=1S/C31H35FN2O6/c1-30(2,3)40-29(36)34-14-13-20-15-26(38-6)27(39-24-12-7-9-21(32)16-24)18-25(20)31(34,4)19-28(35)33-22-10-8-11-23(17-22)37-5/h7-12,15-18H,13-14,19H2,1-6H3,(H,33,35)/t31-/m1/s1. The first-order chi connectivity index (χ1) is 18.9. The Labute approximate surface area is 234 Å². The zero-order valence-corrected chi connectivity index (χ0v) is 23.7. The number of nitrogens with zero attached hydrogens (tertiary/aromatic N) is 1. The van der Waals surface area contributed by atoms with Crippen molar-refractivity contribution in [1.82, 2.24) is 4.90 Å². The average molecular weight is 551 g/mol. The molecule has 0 bridgehead atoms. The van der Waals surface area contributed by atoms with Gasteiger partial charge in [0.15, 0.2) is 11.5 Å². The van der Waals surface area contributed by atoms with Crippen LogP contribution in [0.3, 0.4) is 0 Å². The Kier molecular flexibility index (Phi) is 8.23. The first kappa shape index (κ1) is 28.7. The fraction of sp³-hybridized carbons (Fsp3) is 0.355. The Morgan fingerprint density at radius 3 is 2.38 bits per heavy atom. The molecule has 212 valence electrons. The van der Waals surface area contributed by atoms with Gasteiger partial charge in [-0.15, -0.1) is 0 Å². The highest BCUT2D eigenvalue weighted by Gasteiger charge is 2.45. The van der Waals surface area contributed by atoms with Gasteiger partial charge in [-0.3, -0.25) is 9.69 Å². The second-order valence-electron chi connectivity index (χ2n) is 10.8. The van der Waals surface area contributed by atoms with E-state index in [0.29, 0.717) is 41.5 Å². The molecule has 2 amide bonds. The molecule has 3 aromatic rings. The second kappa shape index (κ2) is 11.5. The number of methoxy groups -OCH3 is 2. The van der Waals surface area contributed by atoms with Crippen LogP contribution in [0.25, 0.3) is 0 Å². The molecule has 40 heavy (non-hydrogen) atoms. The maximum Gasteiger partial charge on any atom is 0.411 e. The third kappa shape index (κ3) is 6.47. The van der Waals surface area contributed by atoms with Crippen molar-refractivity contribution >= 4 is 17.7 Å². The molecule has 0 spiro atoms. The summed E-state index contributed by atoms with van der Waals surface area (Å²) in [4.78, 5) is 28.5. The Bertz CT molecular complexity index is 1400. The number of carbonyl (C=O) groups is 2. The summed E-state index contributed by atoms with van der Waals surface area (Å²) in [5, 5.41) is 2.92. The predicted octanol–water partition coefficient (Wildman–Crippen LogP) is 6.67. The average Bonchev–Trinajstić information content (AvgIpc) is 2.87. The largest absolute Gasteiger partial charge is 0.497 e. The third-order valence-corrected chi connectivity index (χ3v) is 6.67. The summed E-state index contributed by atoms with van der Waals surface area (Å²) in [6.45, 7) is 7.55. The quantitative estimate of drug-likeness (QED) is 0.354. The Hall–Kier alpha value is -4.27. The molecular weight excluding hydrogens is 515 g/mol. The lowest BCUT2D eigenvalue weighted by Gasteiger charge is -2.46. The lowest BCUT2D eigenvalue weighted by Crippen LogP contribution is -2.54. The zero-order valence-electron chi connectivity index (χ0n) is 23.7. The molecule has 0 aliphatic carbocycles. The van der Waals surface area contributed by atoms with E-state index in [1.54, 1.807) is 75.2 Å². The zero-order chi connectivity index (χ0) is 29.1. The van der Waals surface area contributed by atoms with Crippen molar-refractivity contribution in [1.29, 1.82) is 0 Å². The Morgan fingerprint density at radius 2 is 1.70 bits per heavy atom. The topological polar surface area (TPSA) is 86.3 Å². The Balaban J connectivity index is 1.75. The molecule has 9 heteroatoms. The smallest absolute Gasteiger partial charge is 0.411 e. The maximum atomic E-state index is 13.9. The van der Waals surface area contributed by atoms with Crippen molar-refractivity contribution in [3.8, 4) is 23.0 Å². The van der Waals surface area contributed by atoms with Gasteiger partial charge in [0, 0.05) is 24.4 Å². The summed E-state index contributed by atoms with van der Waals surface area (Å²) in [7, 11) is 3.08. The molecule has 1 atom stereocenters. The number of nitrogens with one attached hydrogen (secondary N) is 1. The van der Waals surface area contributed by atoms with Crippen molar-refractivity contribution in [2.24, 2.45) is 0 Å². The highest BCUT2D eigenvalue weighted by molar-refractivity contribution is 5.92. The number of benzene rings is 3. The number of halogens is 1. The molecule has 0 saturated heterocycles.